The summed E-state index contributed by atoms with van der Waals surface area (Å²) in [4.78, 5) is 4.28. The molecule has 3 nitrogen and oxygen atoms in total. The summed E-state index contributed by atoms with van der Waals surface area (Å²) in [6.07, 6.45) is 6.10. The van der Waals surface area contributed by atoms with Crippen LogP contribution in [0.25, 0.3) is 0 Å². The molecule has 0 amide bonds. The molecule has 2 atom stereocenters. The average molecular weight is 273 g/mol. The molecule has 1 N–H and O–H groups in total. The maximum Gasteiger partial charge on any atom is 0.126 e. The number of imidazole rings is 1. The first kappa shape index (κ1) is 13.3. The van der Waals surface area contributed by atoms with Crippen molar-refractivity contribution in [2.24, 2.45) is 0 Å². The van der Waals surface area contributed by atoms with Crippen molar-refractivity contribution in [3.05, 3.63) is 53.4 Å². The second-order valence-corrected chi connectivity index (χ2v) is 5.56. The first-order valence-electron chi connectivity index (χ1n) is 7.18. The molecule has 20 heavy (non-hydrogen) atoms. The van der Waals surface area contributed by atoms with Gasteiger partial charge < -0.3 is 9.88 Å². The quantitative estimate of drug-likeness (QED) is 0.929. The Morgan fingerprint density at radius 3 is 3.00 bits per heavy atom. The Kier molecular flexibility index (Phi) is 3.57. The summed E-state index contributed by atoms with van der Waals surface area (Å²) in [5.41, 5.74) is 2.85. The predicted molar refractivity (Wildman–Crippen MR) is 77.2 cm³/mol. The Morgan fingerprint density at radius 1 is 1.45 bits per heavy atom. The van der Waals surface area contributed by atoms with Crippen LogP contribution in [0, 0.1) is 12.7 Å². The fourth-order valence-electron chi connectivity index (χ4n) is 2.87. The molecule has 2 aromatic rings. The van der Waals surface area contributed by atoms with E-state index < -0.39 is 0 Å². The van der Waals surface area contributed by atoms with Crippen LogP contribution < -0.4 is 5.32 Å². The molecule has 106 valence electrons. The Labute approximate surface area is 118 Å². The topological polar surface area (TPSA) is 29.9 Å². The van der Waals surface area contributed by atoms with E-state index >= 15 is 0 Å². The number of hydrogen-bond donors (Lipinski definition) is 1. The lowest BCUT2D eigenvalue weighted by molar-refractivity contribution is 0.534. The van der Waals surface area contributed by atoms with Gasteiger partial charge in [-0.05, 0) is 50.4 Å². The van der Waals surface area contributed by atoms with Gasteiger partial charge in [0.15, 0.2) is 0 Å². The standard InChI is InChI=1S/C16H20FN3/c1-11-5-6-13(8-14(11)17)12(2)20-10-18-9-16(20)15-4-3-7-19-15/h5-6,8-10,12,15,19H,3-4,7H2,1-2H3. The molecular weight excluding hydrogens is 253 g/mol. The van der Waals surface area contributed by atoms with Crippen molar-refractivity contribution >= 4 is 0 Å². The molecule has 1 saturated heterocycles. The molecule has 1 fully saturated rings. The molecule has 3 rings (SSSR count). The number of nitrogens with zero attached hydrogens (tertiary/aromatic N) is 2. The van der Waals surface area contributed by atoms with E-state index in [0.29, 0.717) is 11.6 Å². The van der Waals surface area contributed by atoms with Gasteiger partial charge in [-0.3, -0.25) is 0 Å². The van der Waals surface area contributed by atoms with Crippen LogP contribution in [-0.2, 0) is 0 Å². The van der Waals surface area contributed by atoms with Crippen molar-refractivity contribution in [2.45, 2.75) is 38.8 Å². The van der Waals surface area contributed by atoms with Crippen LogP contribution in [0.5, 0.6) is 0 Å². The zero-order chi connectivity index (χ0) is 14.1. The van der Waals surface area contributed by atoms with Gasteiger partial charge in [-0.15, -0.1) is 0 Å². The van der Waals surface area contributed by atoms with E-state index in [1.165, 1.54) is 12.1 Å². The van der Waals surface area contributed by atoms with Crippen LogP contribution in [0.4, 0.5) is 4.39 Å². The first-order chi connectivity index (χ1) is 9.66. The maximum absolute atomic E-state index is 13.7. The van der Waals surface area contributed by atoms with Crippen LogP contribution in [0.1, 0.15) is 48.7 Å². The highest BCUT2D eigenvalue weighted by Gasteiger charge is 2.22. The van der Waals surface area contributed by atoms with E-state index in [1.807, 2.05) is 24.7 Å². The van der Waals surface area contributed by atoms with Gasteiger partial charge >= 0.3 is 0 Å². The maximum atomic E-state index is 13.7. The molecule has 0 aliphatic carbocycles. The van der Waals surface area contributed by atoms with E-state index in [-0.39, 0.29) is 11.9 Å². The summed E-state index contributed by atoms with van der Waals surface area (Å²) in [7, 11) is 0. The molecule has 4 heteroatoms. The first-order valence-corrected chi connectivity index (χ1v) is 7.18. The average Bonchev–Trinajstić information content (AvgIpc) is 3.10. The Hall–Kier alpha value is -1.68. The summed E-state index contributed by atoms with van der Waals surface area (Å²) in [5.74, 6) is -0.144. The van der Waals surface area contributed by atoms with Crippen molar-refractivity contribution in [3.63, 3.8) is 0 Å². The molecule has 0 bridgehead atoms. The molecule has 2 unspecified atom stereocenters. The molecule has 1 aliphatic rings. The number of aromatic nitrogens is 2. The smallest absolute Gasteiger partial charge is 0.126 e. The van der Waals surface area contributed by atoms with Crippen molar-refractivity contribution in [1.29, 1.82) is 0 Å². The lowest BCUT2D eigenvalue weighted by atomic mass is 10.0. The fraction of sp³-hybridized carbons (Fsp3) is 0.438. The van der Waals surface area contributed by atoms with Crippen LogP contribution in [0.15, 0.2) is 30.7 Å². The van der Waals surface area contributed by atoms with Crippen molar-refractivity contribution < 1.29 is 4.39 Å². The van der Waals surface area contributed by atoms with E-state index in [4.69, 9.17) is 0 Å². The van der Waals surface area contributed by atoms with Crippen molar-refractivity contribution in [2.75, 3.05) is 6.54 Å². The molecule has 2 heterocycles. The second-order valence-electron chi connectivity index (χ2n) is 5.56. The number of aryl methyl sites for hydroxylation is 1. The van der Waals surface area contributed by atoms with Gasteiger partial charge in [-0.1, -0.05) is 12.1 Å². The highest BCUT2D eigenvalue weighted by Crippen LogP contribution is 2.28. The molecule has 1 aliphatic heterocycles. The molecule has 1 aromatic carbocycles. The van der Waals surface area contributed by atoms with Crippen LogP contribution in [-0.4, -0.2) is 16.1 Å². The van der Waals surface area contributed by atoms with Gasteiger partial charge in [-0.25, -0.2) is 9.37 Å². The highest BCUT2D eigenvalue weighted by atomic mass is 19.1. The minimum atomic E-state index is -0.144. The molecular formula is C16H20FN3. The Bertz CT molecular complexity index is 600. The van der Waals surface area contributed by atoms with Crippen LogP contribution in [0.3, 0.4) is 0 Å². The summed E-state index contributed by atoms with van der Waals surface area (Å²) >= 11 is 0. The van der Waals surface area contributed by atoms with Gasteiger partial charge in [-0.2, -0.15) is 0 Å². The van der Waals surface area contributed by atoms with Gasteiger partial charge in [0.1, 0.15) is 5.82 Å². The number of benzene rings is 1. The molecule has 1 aromatic heterocycles. The van der Waals surface area contributed by atoms with Crippen LogP contribution in [0.2, 0.25) is 0 Å². The van der Waals surface area contributed by atoms with E-state index in [2.05, 4.69) is 21.8 Å². The van der Waals surface area contributed by atoms with Crippen molar-refractivity contribution in [1.82, 2.24) is 14.9 Å². The minimum absolute atomic E-state index is 0.0880. The monoisotopic (exact) mass is 273 g/mol. The summed E-state index contributed by atoms with van der Waals surface area (Å²) < 4.78 is 15.9. The highest BCUT2D eigenvalue weighted by molar-refractivity contribution is 5.27. The number of rotatable bonds is 3. The fourth-order valence-corrected chi connectivity index (χ4v) is 2.87. The number of halogens is 1. The molecule has 0 saturated carbocycles. The summed E-state index contributed by atoms with van der Waals surface area (Å²) in [6.45, 7) is 4.93. The second kappa shape index (κ2) is 5.37. The Balaban J connectivity index is 1.92. The van der Waals surface area contributed by atoms with Gasteiger partial charge in [0, 0.05) is 12.2 Å². The summed E-state index contributed by atoms with van der Waals surface area (Å²) in [5, 5.41) is 3.49. The lowest BCUT2D eigenvalue weighted by Gasteiger charge is -2.20. The third-order valence-electron chi connectivity index (χ3n) is 4.21. The van der Waals surface area contributed by atoms with E-state index in [0.717, 1.165) is 18.5 Å². The third-order valence-corrected chi connectivity index (χ3v) is 4.21. The number of nitrogens with one attached hydrogen (secondary N) is 1. The minimum Gasteiger partial charge on any atom is -0.326 e. The predicted octanol–water partition coefficient (Wildman–Crippen LogP) is 3.36. The van der Waals surface area contributed by atoms with E-state index in [1.54, 1.807) is 13.0 Å². The van der Waals surface area contributed by atoms with Crippen molar-refractivity contribution in [3.8, 4) is 0 Å². The molecule has 0 radical (unpaired) electrons. The Morgan fingerprint density at radius 2 is 2.30 bits per heavy atom. The normalized spacial score (nSPS) is 20.2. The molecule has 0 spiro atoms. The largest absolute Gasteiger partial charge is 0.326 e. The zero-order valence-electron chi connectivity index (χ0n) is 11.9. The van der Waals surface area contributed by atoms with Gasteiger partial charge in [0.2, 0.25) is 0 Å². The van der Waals surface area contributed by atoms with Gasteiger partial charge in [0.25, 0.3) is 0 Å². The SMILES string of the molecule is Cc1ccc(C(C)n2cncc2C2CCCN2)cc1F. The zero-order valence-corrected chi connectivity index (χ0v) is 11.9. The number of hydrogen-bond acceptors (Lipinski definition) is 2. The summed E-state index contributed by atoms with van der Waals surface area (Å²) in [6, 6.07) is 5.92. The van der Waals surface area contributed by atoms with E-state index in [9.17, 15) is 4.39 Å². The van der Waals surface area contributed by atoms with Crippen LogP contribution >= 0.6 is 0 Å². The lowest BCUT2D eigenvalue weighted by Crippen LogP contribution is -2.19. The van der Waals surface area contributed by atoms with Gasteiger partial charge in [0.05, 0.1) is 18.1 Å². The third kappa shape index (κ3) is 2.36.